The molecule has 0 spiro atoms. The minimum Gasteiger partial charge on any atom is -0.385 e. The third-order valence-electron chi connectivity index (χ3n) is 3.24. The second-order valence-electron chi connectivity index (χ2n) is 4.76. The molecular weight excluding hydrogens is 196 g/mol. The molecule has 0 fully saturated rings. The Hall–Kier alpha value is -1.18. The molecule has 1 aromatic rings. The van der Waals surface area contributed by atoms with E-state index in [1.807, 2.05) is 0 Å². The van der Waals surface area contributed by atoms with E-state index < -0.39 is 0 Å². The first-order valence-corrected chi connectivity index (χ1v) is 6.35. The summed E-state index contributed by atoms with van der Waals surface area (Å²) in [6.45, 7) is 8.87. The summed E-state index contributed by atoms with van der Waals surface area (Å²) >= 11 is 0. The van der Waals surface area contributed by atoms with Gasteiger partial charge in [-0.2, -0.15) is 0 Å². The van der Waals surface area contributed by atoms with Gasteiger partial charge >= 0.3 is 0 Å². The van der Waals surface area contributed by atoms with Gasteiger partial charge in [-0.1, -0.05) is 6.07 Å². The van der Waals surface area contributed by atoms with Crippen molar-refractivity contribution < 1.29 is 0 Å². The topological polar surface area (TPSA) is 15.3 Å². The highest BCUT2D eigenvalue weighted by Gasteiger charge is 2.18. The summed E-state index contributed by atoms with van der Waals surface area (Å²) in [7, 11) is 0. The molecule has 2 rings (SSSR count). The zero-order chi connectivity index (χ0) is 11.5. The van der Waals surface area contributed by atoms with E-state index in [0.29, 0.717) is 6.04 Å². The van der Waals surface area contributed by atoms with E-state index in [1.165, 1.54) is 36.3 Å². The lowest BCUT2D eigenvalue weighted by atomic mass is 10.00. The molecule has 16 heavy (non-hydrogen) atoms. The minimum atomic E-state index is 0.593. The second-order valence-corrected chi connectivity index (χ2v) is 4.76. The van der Waals surface area contributed by atoms with Crippen LogP contribution in [0.2, 0.25) is 0 Å². The molecular formula is C14H22N2. The Bertz CT molecular complexity index is 358. The summed E-state index contributed by atoms with van der Waals surface area (Å²) in [6.07, 6.45) is 2.51. The molecule has 0 amide bonds. The first-order valence-electron chi connectivity index (χ1n) is 6.35. The smallest absolute Gasteiger partial charge is 0.0421 e. The number of fused-ring (bicyclic) bond motifs is 1. The second kappa shape index (κ2) is 4.77. The van der Waals surface area contributed by atoms with Crippen LogP contribution in [0.1, 0.15) is 32.8 Å². The summed E-state index contributed by atoms with van der Waals surface area (Å²) in [5, 5.41) is 3.39. The summed E-state index contributed by atoms with van der Waals surface area (Å²) < 4.78 is 0. The molecule has 0 bridgehead atoms. The van der Waals surface area contributed by atoms with Crippen molar-refractivity contribution in [2.45, 2.75) is 39.7 Å². The van der Waals surface area contributed by atoms with E-state index in [9.17, 15) is 0 Å². The number of hydrogen-bond acceptors (Lipinski definition) is 2. The number of hydrogen-bond donors (Lipinski definition) is 1. The van der Waals surface area contributed by atoms with Gasteiger partial charge < -0.3 is 10.2 Å². The highest BCUT2D eigenvalue weighted by atomic mass is 15.2. The Kier molecular flexibility index (Phi) is 3.37. The van der Waals surface area contributed by atoms with Gasteiger partial charge in [-0.15, -0.1) is 0 Å². The molecule has 0 radical (unpaired) electrons. The van der Waals surface area contributed by atoms with Gasteiger partial charge in [0, 0.05) is 30.5 Å². The fraction of sp³-hybridized carbons (Fsp3) is 0.571. The highest BCUT2D eigenvalue weighted by molar-refractivity contribution is 5.64. The first-order chi connectivity index (χ1) is 7.72. The molecule has 1 aromatic carbocycles. The predicted molar refractivity (Wildman–Crippen MR) is 71.4 cm³/mol. The fourth-order valence-corrected chi connectivity index (χ4v) is 2.45. The maximum absolute atomic E-state index is 3.39. The van der Waals surface area contributed by atoms with Gasteiger partial charge in [0.1, 0.15) is 0 Å². The summed E-state index contributed by atoms with van der Waals surface area (Å²) in [6, 6.07) is 7.38. The van der Waals surface area contributed by atoms with Crippen molar-refractivity contribution in [3.8, 4) is 0 Å². The van der Waals surface area contributed by atoms with Crippen LogP contribution in [-0.4, -0.2) is 19.1 Å². The van der Waals surface area contributed by atoms with E-state index in [-0.39, 0.29) is 0 Å². The van der Waals surface area contributed by atoms with Crippen LogP contribution in [0.5, 0.6) is 0 Å². The summed E-state index contributed by atoms with van der Waals surface area (Å²) in [5.74, 6) is 0. The van der Waals surface area contributed by atoms with Crippen molar-refractivity contribution in [1.29, 1.82) is 0 Å². The molecule has 2 heteroatoms. The minimum absolute atomic E-state index is 0.593. The van der Waals surface area contributed by atoms with Crippen molar-refractivity contribution in [2.24, 2.45) is 0 Å². The van der Waals surface area contributed by atoms with Crippen molar-refractivity contribution in [3.63, 3.8) is 0 Å². The molecule has 0 saturated carbocycles. The SMILES string of the molecule is CCNc1ccc2c(c1)N(C(C)C)CCC2. The molecule has 0 aliphatic carbocycles. The van der Waals surface area contributed by atoms with Crippen LogP contribution in [-0.2, 0) is 6.42 Å². The Morgan fingerprint density at radius 1 is 1.38 bits per heavy atom. The molecule has 0 saturated heterocycles. The molecule has 1 heterocycles. The first kappa shape index (κ1) is 11.3. The van der Waals surface area contributed by atoms with Crippen LogP contribution >= 0.6 is 0 Å². The molecule has 0 atom stereocenters. The van der Waals surface area contributed by atoms with Crippen molar-refractivity contribution in [2.75, 3.05) is 23.3 Å². The third-order valence-corrected chi connectivity index (χ3v) is 3.24. The molecule has 1 N–H and O–H groups in total. The van der Waals surface area contributed by atoms with Gasteiger partial charge in [-0.05, 0) is 51.3 Å². The van der Waals surface area contributed by atoms with E-state index in [1.54, 1.807) is 0 Å². The Labute approximate surface area is 98.7 Å². The molecule has 0 aromatic heterocycles. The van der Waals surface area contributed by atoms with Gasteiger partial charge in [0.25, 0.3) is 0 Å². The Morgan fingerprint density at radius 3 is 2.88 bits per heavy atom. The predicted octanol–water partition coefficient (Wildman–Crippen LogP) is 3.28. The van der Waals surface area contributed by atoms with Gasteiger partial charge in [0.2, 0.25) is 0 Å². The average Bonchev–Trinajstić information content (AvgIpc) is 2.28. The van der Waals surface area contributed by atoms with E-state index in [2.05, 4.69) is 49.2 Å². The van der Waals surface area contributed by atoms with E-state index in [4.69, 9.17) is 0 Å². The summed E-state index contributed by atoms with van der Waals surface area (Å²) in [4.78, 5) is 2.51. The van der Waals surface area contributed by atoms with E-state index in [0.717, 1.165) is 6.54 Å². The largest absolute Gasteiger partial charge is 0.385 e. The van der Waals surface area contributed by atoms with Crippen LogP contribution in [0, 0.1) is 0 Å². The fourth-order valence-electron chi connectivity index (χ4n) is 2.45. The van der Waals surface area contributed by atoms with Crippen molar-refractivity contribution in [3.05, 3.63) is 23.8 Å². The van der Waals surface area contributed by atoms with Crippen molar-refractivity contribution in [1.82, 2.24) is 0 Å². The lowest BCUT2D eigenvalue weighted by Crippen LogP contribution is -2.35. The van der Waals surface area contributed by atoms with Crippen LogP contribution < -0.4 is 10.2 Å². The molecule has 0 unspecified atom stereocenters. The normalized spacial score (nSPS) is 15.1. The monoisotopic (exact) mass is 218 g/mol. The number of aryl methyl sites for hydroxylation is 1. The van der Waals surface area contributed by atoms with Gasteiger partial charge in [0.15, 0.2) is 0 Å². The van der Waals surface area contributed by atoms with Gasteiger partial charge in [0.05, 0.1) is 0 Å². The number of anilines is 2. The number of nitrogens with zero attached hydrogens (tertiary/aromatic N) is 1. The maximum atomic E-state index is 3.39. The lowest BCUT2D eigenvalue weighted by molar-refractivity contribution is 0.626. The molecule has 2 nitrogen and oxygen atoms in total. The van der Waals surface area contributed by atoms with Crippen LogP contribution in [0.4, 0.5) is 11.4 Å². The number of rotatable bonds is 3. The van der Waals surface area contributed by atoms with Crippen molar-refractivity contribution >= 4 is 11.4 Å². The molecule has 88 valence electrons. The molecule has 1 aliphatic rings. The standard InChI is InChI=1S/C14H22N2/c1-4-15-13-8-7-12-6-5-9-16(11(2)3)14(12)10-13/h7-8,10-11,15H,4-6,9H2,1-3H3. The van der Waals surface area contributed by atoms with Crippen LogP contribution in [0.3, 0.4) is 0 Å². The highest BCUT2D eigenvalue weighted by Crippen LogP contribution is 2.31. The summed E-state index contributed by atoms with van der Waals surface area (Å²) in [5.41, 5.74) is 4.18. The zero-order valence-electron chi connectivity index (χ0n) is 10.6. The maximum Gasteiger partial charge on any atom is 0.0421 e. The quantitative estimate of drug-likeness (QED) is 0.837. The number of nitrogens with one attached hydrogen (secondary N) is 1. The zero-order valence-corrected chi connectivity index (χ0v) is 10.6. The number of benzene rings is 1. The molecule has 1 aliphatic heterocycles. The lowest BCUT2D eigenvalue weighted by Gasteiger charge is -2.35. The van der Waals surface area contributed by atoms with Gasteiger partial charge in [-0.25, -0.2) is 0 Å². The average molecular weight is 218 g/mol. The van der Waals surface area contributed by atoms with E-state index >= 15 is 0 Å². The third kappa shape index (κ3) is 2.16. The Balaban J connectivity index is 2.32. The van der Waals surface area contributed by atoms with Gasteiger partial charge in [-0.3, -0.25) is 0 Å². The van der Waals surface area contributed by atoms with Crippen LogP contribution in [0.25, 0.3) is 0 Å². The Morgan fingerprint density at radius 2 is 2.19 bits per heavy atom. The van der Waals surface area contributed by atoms with Crippen LogP contribution in [0.15, 0.2) is 18.2 Å².